The van der Waals surface area contributed by atoms with Crippen LogP contribution in [0.25, 0.3) is 0 Å². The lowest BCUT2D eigenvalue weighted by Crippen LogP contribution is -2.01. The Morgan fingerprint density at radius 2 is 2.36 bits per heavy atom. The summed E-state index contributed by atoms with van der Waals surface area (Å²) in [6.07, 6.45) is 4.48. The molecule has 0 nitrogen and oxygen atoms in total. The Bertz CT molecular complexity index is 93.6. The van der Waals surface area contributed by atoms with Crippen molar-refractivity contribution in [2.75, 3.05) is 16.8 Å². The van der Waals surface area contributed by atoms with E-state index >= 15 is 0 Å². The zero-order valence-corrected chi connectivity index (χ0v) is 9.59. The van der Waals surface area contributed by atoms with Crippen LogP contribution < -0.4 is 0 Å². The molecule has 0 aliphatic rings. The summed E-state index contributed by atoms with van der Waals surface area (Å²) >= 11 is 5.53. The summed E-state index contributed by atoms with van der Waals surface area (Å²) in [6, 6.07) is 0. The Labute approximate surface area is 83.0 Å². The van der Waals surface area contributed by atoms with E-state index in [9.17, 15) is 0 Å². The predicted molar refractivity (Wildman–Crippen MR) is 59.7 cm³/mol. The Morgan fingerprint density at radius 3 is 2.82 bits per heavy atom. The molecule has 11 heavy (non-hydrogen) atoms. The summed E-state index contributed by atoms with van der Waals surface area (Å²) < 4.78 is 0. The van der Waals surface area contributed by atoms with Crippen LogP contribution in [0.2, 0.25) is 0 Å². The minimum absolute atomic E-state index is 0.798. The van der Waals surface area contributed by atoms with Gasteiger partial charge in [-0.1, -0.05) is 28.9 Å². The van der Waals surface area contributed by atoms with Crippen molar-refractivity contribution in [1.82, 2.24) is 0 Å². The molecule has 0 aromatic heterocycles. The molecule has 0 fully saturated rings. The number of alkyl halides is 1. The van der Waals surface area contributed by atoms with Crippen LogP contribution in [0.1, 0.15) is 19.8 Å². The van der Waals surface area contributed by atoms with E-state index in [1.165, 1.54) is 17.9 Å². The first-order chi connectivity index (χ1) is 5.35. The fourth-order valence-corrected chi connectivity index (χ4v) is 2.26. The minimum Gasteiger partial charge on any atom is -0.162 e. The standard InChI is InChI=1S/C9H17BrS/c1-3-5-9(8-10)6-7-11-4-2/h3,9H,1,4-8H2,2H3. The van der Waals surface area contributed by atoms with Gasteiger partial charge in [-0.3, -0.25) is 0 Å². The molecule has 0 bridgehead atoms. The number of allylic oxidation sites excluding steroid dienone is 1. The molecular weight excluding hydrogens is 220 g/mol. The lowest BCUT2D eigenvalue weighted by molar-refractivity contribution is 0.592. The third-order valence-electron chi connectivity index (χ3n) is 1.59. The lowest BCUT2D eigenvalue weighted by atomic mass is 10.1. The Hall–Kier alpha value is 0.570. The van der Waals surface area contributed by atoms with Gasteiger partial charge < -0.3 is 0 Å². The predicted octanol–water partition coefficient (Wildman–Crippen LogP) is 3.72. The van der Waals surface area contributed by atoms with E-state index in [0.717, 1.165) is 17.7 Å². The highest BCUT2D eigenvalue weighted by atomic mass is 79.9. The third kappa shape index (κ3) is 6.95. The summed E-state index contributed by atoms with van der Waals surface area (Å²) in [6.45, 7) is 5.96. The van der Waals surface area contributed by atoms with Crippen LogP contribution in [-0.2, 0) is 0 Å². The van der Waals surface area contributed by atoms with Crippen molar-refractivity contribution in [3.8, 4) is 0 Å². The van der Waals surface area contributed by atoms with Gasteiger partial charge in [-0.25, -0.2) is 0 Å². The Morgan fingerprint density at radius 1 is 1.64 bits per heavy atom. The van der Waals surface area contributed by atoms with Gasteiger partial charge in [0, 0.05) is 5.33 Å². The fourth-order valence-electron chi connectivity index (χ4n) is 0.888. The van der Waals surface area contributed by atoms with E-state index < -0.39 is 0 Å². The van der Waals surface area contributed by atoms with E-state index in [2.05, 4.69) is 29.4 Å². The van der Waals surface area contributed by atoms with Crippen LogP contribution in [0.4, 0.5) is 0 Å². The second-order valence-corrected chi connectivity index (χ2v) is 4.57. The van der Waals surface area contributed by atoms with Gasteiger partial charge in [0.05, 0.1) is 0 Å². The third-order valence-corrected chi connectivity index (χ3v) is 3.44. The molecule has 0 aliphatic carbocycles. The Balaban J connectivity index is 3.27. The quantitative estimate of drug-likeness (QED) is 0.369. The SMILES string of the molecule is C=CCC(CBr)CCSCC. The smallest absolute Gasteiger partial charge is 0.00629 e. The van der Waals surface area contributed by atoms with Gasteiger partial charge in [-0.2, -0.15) is 11.8 Å². The summed E-state index contributed by atoms with van der Waals surface area (Å²) in [5.74, 6) is 3.33. The monoisotopic (exact) mass is 236 g/mol. The molecule has 0 spiro atoms. The molecule has 0 aromatic rings. The summed E-state index contributed by atoms with van der Waals surface area (Å²) in [7, 11) is 0. The van der Waals surface area contributed by atoms with Crippen molar-refractivity contribution in [3.05, 3.63) is 12.7 Å². The highest BCUT2D eigenvalue weighted by Gasteiger charge is 2.03. The second-order valence-electron chi connectivity index (χ2n) is 2.53. The number of hydrogen-bond donors (Lipinski definition) is 0. The van der Waals surface area contributed by atoms with Gasteiger partial charge in [-0.15, -0.1) is 6.58 Å². The largest absolute Gasteiger partial charge is 0.162 e. The zero-order chi connectivity index (χ0) is 8.53. The average Bonchev–Trinajstić information content (AvgIpc) is 2.03. The van der Waals surface area contributed by atoms with Crippen LogP contribution in [-0.4, -0.2) is 16.8 Å². The summed E-state index contributed by atoms with van der Waals surface area (Å²) in [4.78, 5) is 0. The van der Waals surface area contributed by atoms with E-state index in [1.807, 2.05) is 17.8 Å². The molecule has 0 rings (SSSR count). The molecule has 0 saturated carbocycles. The highest BCUT2D eigenvalue weighted by molar-refractivity contribution is 9.09. The van der Waals surface area contributed by atoms with Gasteiger partial charge in [-0.05, 0) is 30.3 Å². The molecule has 0 N–H and O–H groups in total. The van der Waals surface area contributed by atoms with Gasteiger partial charge >= 0.3 is 0 Å². The molecular formula is C9H17BrS. The second kappa shape index (κ2) is 8.66. The molecule has 2 heteroatoms. The first-order valence-electron chi connectivity index (χ1n) is 4.09. The molecule has 66 valence electrons. The van der Waals surface area contributed by atoms with Crippen LogP contribution in [0.15, 0.2) is 12.7 Å². The highest BCUT2D eigenvalue weighted by Crippen LogP contribution is 2.15. The molecule has 0 aromatic carbocycles. The number of hydrogen-bond acceptors (Lipinski definition) is 1. The summed E-state index contributed by atoms with van der Waals surface area (Å²) in [5.41, 5.74) is 0. The maximum Gasteiger partial charge on any atom is 0.00629 e. The molecule has 0 saturated heterocycles. The maximum absolute atomic E-state index is 3.75. The van der Waals surface area contributed by atoms with Crippen LogP contribution >= 0.6 is 27.7 Å². The van der Waals surface area contributed by atoms with Gasteiger partial charge in [0.1, 0.15) is 0 Å². The van der Waals surface area contributed by atoms with Crippen molar-refractivity contribution in [1.29, 1.82) is 0 Å². The summed E-state index contributed by atoms with van der Waals surface area (Å²) in [5, 5.41) is 1.11. The molecule has 0 aliphatic heterocycles. The van der Waals surface area contributed by atoms with Crippen LogP contribution in [0.3, 0.4) is 0 Å². The number of rotatable bonds is 7. The maximum atomic E-state index is 3.75. The van der Waals surface area contributed by atoms with E-state index in [0.29, 0.717) is 0 Å². The van der Waals surface area contributed by atoms with E-state index in [1.54, 1.807) is 0 Å². The Kier molecular flexibility index (Phi) is 9.11. The number of thioether (sulfide) groups is 1. The molecule has 1 atom stereocenters. The zero-order valence-electron chi connectivity index (χ0n) is 7.18. The van der Waals surface area contributed by atoms with Crippen molar-refractivity contribution in [3.63, 3.8) is 0 Å². The van der Waals surface area contributed by atoms with Crippen LogP contribution in [0, 0.1) is 5.92 Å². The van der Waals surface area contributed by atoms with E-state index in [4.69, 9.17) is 0 Å². The molecule has 0 amide bonds. The lowest BCUT2D eigenvalue weighted by Gasteiger charge is -2.09. The topological polar surface area (TPSA) is 0 Å². The normalized spacial score (nSPS) is 12.9. The molecule has 0 heterocycles. The van der Waals surface area contributed by atoms with Gasteiger partial charge in [0.25, 0.3) is 0 Å². The first kappa shape index (κ1) is 11.6. The van der Waals surface area contributed by atoms with Gasteiger partial charge in [0.2, 0.25) is 0 Å². The first-order valence-corrected chi connectivity index (χ1v) is 6.37. The van der Waals surface area contributed by atoms with Crippen molar-refractivity contribution < 1.29 is 0 Å². The van der Waals surface area contributed by atoms with Gasteiger partial charge in [0.15, 0.2) is 0 Å². The molecule has 1 unspecified atom stereocenters. The van der Waals surface area contributed by atoms with Crippen molar-refractivity contribution >= 4 is 27.7 Å². The van der Waals surface area contributed by atoms with Crippen molar-refractivity contribution in [2.24, 2.45) is 5.92 Å². The van der Waals surface area contributed by atoms with Crippen LogP contribution in [0.5, 0.6) is 0 Å². The number of halogens is 1. The molecule has 0 radical (unpaired) electrons. The van der Waals surface area contributed by atoms with Crippen molar-refractivity contribution in [2.45, 2.75) is 19.8 Å². The van der Waals surface area contributed by atoms with E-state index in [-0.39, 0.29) is 0 Å². The fraction of sp³-hybridized carbons (Fsp3) is 0.778. The minimum atomic E-state index is 0.798. The average molecular weight is 237 g/mol.